The monoisotopic (exact) mass is 206 g/mol. The van der Waals surface area contributed by atoms with Crippen molar-refractivity contribution in [2.45, 2.75) is 6.54 Å². The molecule has 0 fully saturated rings. The first-order valence-electron chi connectivity index (χ1n) is 5.47. The zero-order valence-corrected chi connectivity index (χ0v) is 8.72. The molecule has 76 valence electrons. The van der Waals surface area contributed by atoms with Gasteiger partial charge < -0.3 is 4.57 Å². The Bertz CT molecular complexity index is 735. The van der Waals surface area contributed by atoms with E-state index in [1.165, 1.54) is 16.3 Å². The van der Waals surface area contributed by atoms with Gasteiger partial charge in [-0.3, -0.25) is 0 Å². The Kier molecular flexibility index (Phi) is 1.38. The van der Waals surface area contributed by atoms with Crippen LogP contribution in [0.3, 0.4) is 0 Å². The lowest BCUT2D eigenvalue weighted by molar-refractivity contribution is 0.868. The molecule has 1 aliphatic heterocycles. The second kappa shape index (κ2) is 2.73. The fraction of sp³-hybridized carbons (Fsp3) is 0.0714. The summed E-state index contributed by atoms with van der Waals surface area (Å²) in [5.74, 6) is 1.07. The molecule has 0 spiro atoms. The maximum atomic E-state index is 4.62. The number of rotatable bonds is 0. The van der Waals surface area contributed by atoms with E-state index in [1.807, 2.05) is 0 Å². The SMILES string of the molecule is C1=Cc2nc3cc4ccccc4cc3n2C1. The van der Waals surface area contributed by atoms with Gasteiger partial charge in [0.2, 0.25) is 0 Å². The zero-order chi connectivity index (χ0) is 10.5. The minimum Gasteiger partial charge on any atom is -0.321 e. The summed E-state index contributed by atoms with van der Waals surface area (Å²) >= 11 is 0. The second-order valence-electron chi connectivity index (χ2n) is 4.17. The molecule has 2 heteroatoms. The van der Waals surface area contributed by atoms with Crippen LogP contribution in [-0.4, -0.2) is 9.55 Å². The van der Waals surface area contributed by atoms with Crippen LogP contribution in [0.5, 0.6) is 0 Å². The van der Waals surface area contributed by atoms with E-state index in [0.29, 0.717) is 0 Å². The van der Waals surface area contributed by atoms with Crippen molar-refractivity contribution in [2.24, 2.45) is 0 Å². The van der Waals surface area contributed by atoms with Crippen LogP contribution in [0.15, 0.2) is 42.5 Å². The zero-order valence-electron chi connectivity index (χ0n) is 8.72. The largest absolute Gasteiger partial charge is 0.321 e. The molecular weight excluding hydrogens is 196 g/mol. The van der Waals surface area contributed by atoms with Gasteiger partial charge in [0.05, 0.1) is 11.0 Å². The van der Waals surface area contributed by atoms with E-state index in [1.54, 1.807) is 0 Å². The van der Waals surface area contributed by atoms with Gasteiger partial charge in [-0.25, -0.2) is 4.98 Å². The number of hydrogen-bond donors (Lipinski definition) is 0. The summed E-state index contributed by atoms with van der Waals surface area (Å²) in [6, 6.07) is 12.8. The van der Waals surface area contributed by atoms with E-state index < -0.39 is 0 Å². The van der Waals surface area contributed by atoms with Crippen molar-refractivity contribution in [3.05, 3.63) is 48.3 Å². The Morgan fingerprint density at radius 1 is 1.06 bits per heavy atom. The number of nitrogens with zero attached hydrogens (tertiary/aromatic N) is 2. The molecule has 0 amide bonds. The average Bonchev–Trinajstić information content (AvgIpc) is 2.86. The minimum absolute atomic E-state index is 0.949. The molecule has 1 aromatic heterocycles. The lowest BCUT2D eigenvalue weighted by Crippen LogP contribution is -1.91. The fourth-order valence-corrected chi connectivity index (χ4v) is 2.41. The predicted molar refractivity (Wildman–Crippen MR) is 66.3 cm³/mol. The number of hydrogen-bond acceptors (Lipinski definition) is 1. The first kappa shape index (κ1) is 8.11. The van der Waals surface area contributed by atoms with Crippen molar-refractivity contribution < 1.29 is 0 Å². The third-order valence-electron chi connectivity index (χ3n) is 3.20. The van der Waals surface area contributed by atoms with E-state index in [9.17, 15) is 0 Å². The highest BCUT2D eigenvalue weighted by Crippen LogP contribution is 2.26. The van der Waals surface area contributed by atoms with Gasteiger partial charge >= 0.3 is 0 Å². The summed E-state index contributed by atoms with van der Waals surface area (Å²) in [4.78, 5) is 4.62. The molecule has 2 aromatic carbocycles. The van der Waals surface area contributed by atoms with Gasteiger partial charge in [0.1, 0.15) is 5.82 Å². The number of fused-ring (bicyclic) bond motifs is 4. The van der Waals surface area contributed by atoms with Crippen molar-refractivity contribution >= 4 is 27.9 Å². The first-order chi connectivity index (χ1) is 7.92. The summed E-state index contributed by atoms with van der Waals surface area (Å²) < 4.78 is 2.25. The van der Waals surface area contributed by atoms with Crippen LogP contribution in [0.1, 0.15) is 5.82 Å². The molecule has 0 radical (unpaired) electrons. The summed E-state index contributed by atoms with van der Waals surface area (Å²) in [5, 5.41) is 2.54. The average molecular weight is 206 g/mol. The number of benzene rings is 2. The number of aromatic nitrogens is 2. The smallest absolute Gasteiger partial charge is 0.133 e. The van der Waals surface area contributed by atoms with Crippen molar-refractivity contribution in [3.63, 3.8) is 0 Å². The molecule has 2 heterocycles. The van der Waals surface area contributed by atoms with Crippen LogP contribution in [-0.2, 0) is 6.54 Å². The highest BCUT2D eigenvalue weighted by molar-refractivity contribution is 5.96. The lowest BCUT2D eigenvalue weighted by atomic mass is 10.1. The highest BCUT2D eigenvalue weighted by Gasteiger charge is 2.11. The van der Waals surface area contributed by atoms with E-state index in [0.717, 1.165) is 17.9 Å². The predicted octanol–water partition coefficient (Wildman–Crippen LogP) is 3.22. The van der Waals surface area contributed by atoms with Crippen LogP contribution in [0.2, 0.25) is 0 Å². The second-order valence-corrected chi connectivity index (χ2v) is 4.17. The van der Waals surface area contributed by atoms with Crippen molar-refractivity contribution in [3.8, 4) is 0 Å². The lowest BCUT2D eigenvalue weighted by Gasteiger charge is -2.00. The van der Waals surface area contributed by atoms with E-state index in [4.69, 9.17) is 0 Å². The van der Waals surface area contributed by atoms with Crippen LogP contribution < -0.4 is 0 Å². The van der Waals surface area contributed by atoms with Crippen molar-refractivity contribution in [1.29, 1.82) is 0 Å². The number of allylic oxidation sites excluding steroid dienone is 1. The van der Waals surface area contributed by atoms with E-state index >= 15 is 0 Å². The van der Waals surface area contributed by atoms with Crippen LogP contribution in [0.4, 0.5) is 0 Å². The molecule has 0 saturated carbocycles. The molecule has 2 nitrogen and oxygen atoms in total. The Labute approximate surface area is 92.8 Å². The van der Waals surface area contributed by atoms with Crippen LogP contribution >= 0.6 is 0 Å². The van der Waals surface area contributed by atoms with Gasteiger partial charge in [-0.15, -0.1) is 0 Å². The molecule has 4 rings (SSSR count). The quantitative estimate of drug-likeness (QED) is 0.552. The molecule has 0 saturated heterocycles. The summed E-state index contributed by atoms with van der Waals surface area (Å²) in [5.41, 5.74) is 2.33. The van der Waals surface area contributed by atoms with Gasteiger partial charge in [-0.1, -0.05) is 30.3 Å². The topological polar surface area (TPSA) is 17.8 Å². The normalized spacial score (nSPS) is 13.8. The van der Waals surface area contributed by atoms with Crippen LogP contribution in [0, 0.1) is 0 Å². The van der Waals surface area contributed by atoms with E-state index in [-0.39, 0.29) is 0 Å². The van der Waals surface area contributed by atoms with Gasteiger partial charge in [-0.2, -0.15) is 0 Å². The van der Waals surface area contributed by atoms with Crippen LogP contribution in [0.25, 0.3) is 27.9 Å². The third kappa shape index (κ3) is 0.936. The molecule has 0 unspecified atom stereocenters. The third-order valence-corrected chi connectivity index (χ3v) is 3.20. The molecule has 1 aliphatic rings. The molecule has 0 N–H and O–H groups in total. The minimum atomic E-state index is 0.949. The number of imidazole rings is 1. The van der Waals surface area contributed by atoms with Gasteiger partial charge in [0, 0.05) is 6.54 Å². The summed E-state index contributed by atoms with van der Waals surface area (Å²) in [7, 11) is 0. The summed E-state index contributed by atoms with van der Waals surface area (Å²) in [6.07, 6.45) is 4.24. The van der Waals surface area contributed by atoms with Crippen molar-refractivity contribution in [2.75, 3.05) is 0 Å². The Hall–Kier alpha value is -2.09. The maximum Gasteiger partial charge on any atom is 0.133 e. The standard InChI is InChI=1S/C14H10N2/c1-2-5-11-9-13-12(8-10(11)4-1)15-14-6-3-7-16(13)14/h1-6,8-9H,7H2. The Morgan fingerprint density at radius 2 is 1.88 bits per heavy atom. The maximum absolute atomic E-state index is 4.62. The first-order valence-corrected chi connectivity index (χ1v) is 5.47. The Morgan fingerprint density at radius 3 is 2.75 bits per heavy atom. The van der Waals surface area contributed by atoms with Gasteiger partial charge in [0.25, 0.3) is 0 Å². The summed E-state index contributed by atoms with van der Waals surface area (Å²) in [6.45, 7) is 0.949. The Balaban J connectivity index is 2.20. The fourth-order valence-electron chi connectivity index (χ4n) is 2.41. The van der Waals surface area contributed by atoms with Gasteiger partial charge in [0.15, 0.2) is 0 Å². The molecule has 0 aliphatic carbocycles. The van der Waals surface area contributed by atoms with Gasteiger partial charge in [-0.05, 0) is 29.0 Å². The molecule has 3 aromatic rings. The molecule has 0 atom stereocenters. The van der Waals surface area contributed by atoms with Crippen molar-refractivity contribution in [1.82, 2.24) is 9.55 Å². The highest BCUT2D eigenvalue weighted by atomic mass is 15.1. The van der Waals surface area contributed by atoms with E-state index in [2.05, 4.69) is 58.1 Å². The molecule has 16 heavy (non-hydrogen) atoms. The molecule has 0 bridgehead atoms. The molecular formula is C14H10N2.